The van der Waals surface area contributed by atoms with Crippen molar-refractivity contribution in [3.05, 3.63) is 53.1 Å². The highest BCUT2D eigenvalue weighted by atomic mass is 35.5. The van der Waals surface area contributed by atoms with Crippen LogP contribution < -0.4 is 14.4 Å². The van der Waals surface area contributed by atoms with Crippen LogP contribution in [0.2, 0.25) is 5.02 Å². The molecule has 2 aromatic carbocycles. The smallest absolute Gasteiger partial charge is 0.231 e. The molecule has 0 spiro atoms. The molecule has 0 unspecified atom stereocenters. The van der Waals surface area contributed by atoms with Gasteiger partial charge in [0.15, 0.2) is 11.5 Å². The second kappa shape index (κ2) is 9.00. The standard InChI is InChI=1S/C24H26ClN3O4/c25-19-4-2-17(3-5-19)14-26-8-1-9-27(11-10-26)24(30)18-12-23(29)28(15-18)20-6-7-21-22(13-20)32-16-31-21/h2-7,13,18H,1,8-12,14-16H2/t18-/m1/s1. The summed E-state index contributed by atoms with van der Waals surface area (Å²) in [6, 6.07) is 13.4. The van der Waals surface area contributed by atoms with Crippen LogP contribution in [0, 0.1) is 5.92 Å². The number of anilines is 1. The molecule has 2 amide bonds. The van der Waals surface area contributed by atoms with E-state index < -0.39 is 0 Å². The maximum atomic E-state index is 13.2. The molecular weight excluding hydrogens is 430 g/mol. The Hall–Kier alpha value is -2.77. The largest absolute Gasteiger partial charge is 0.454 e. The molecule has 32 heavy (non-hydrogen) atoms. The van der Waals surface area contributed by atoms with Gasteiger partial charge in [-0.05, 0) is 36.2 Å². The highest BCUT2D eigenvalue weighted by Crippen LogP contribution is 2.37. The Morgan fingerprint density at radius 2 is 1.81 bits per heavy atom. The number of ether oxygens (including phenoxy) is 2. The minimum Gasteiger partial charge on any atom is -0.454 e. The lowest BCUT2D eigenvalue weighted by atomic mass is 10.1. The van der Waals surface area contributed by atoms with Crippen molar-refractivity contribution in [2.24, 2.45) is 5.92 Å². The average molecular weight is 456 g/mol. The van der Waals surface area contributed by atoms with Crippen molar-refractivity contribution in [1.29, 1.82) is 0 Å². The second-order valence-corrected chi connectivity index (χ2v) is 8.96. The SMILES string of the molecule is O=C([C@@H]1CC(=O)N(c2ccc3c(c2)OCO3)C1)N1CCCN(Cc2ccc(Cl)cc2)CC1. The first-order valence-corrected chi connectivity index (χ1v) is 11.4. The molecule has 2 fully saturated rings. The van der Waals surface area contributed by atoms with Gasteiger partial charge >= 0.3 is 0 Å². The molecule has 8 heteroatoms. The lowest BCUT2D eigenvalue weighted by Crippen LogP contribution is -2.39. The van der Waals surface area contributed by atoms with Crippen LogP contribution in [0.4, 0.5) is 5.69 Å². The van der Waals surface area contributed by atoms with Crippen LogP contribution in [0.5, 0.6) is 11.5 Å². The Bertz CT molecular complexity index is 1010. The van der Waals surface area contributed by atoms with Crippen molar-refractivity contribution in [1.82, 2.24) is 9.80 Å². The number of benzene rings is 2. The van der Waals surface area contributed by atoms with E-state index in [2.05, 4.69) is 4.90 Å². The van der Waals surface area contributed by atoms with Gasteiger partial charge in [-0.3, -0.25) is 14.5 Å². The van der Waals surface area contributed by atoms with Crippen LogP contribution in [0.25, 0.3) is 0 Å². The molecule has 3 heterocycles. The van der Waals surface area contributed by atoms with E-state index in [9.17, 15) is 9.59 Å². The third kappa shape index (κ3) is 4.40. The van der Waals surface area contributed by atoms with Gasteiger partial charge in [0.2, 0.25) is 18.6 Å². The van der Waals surface area contributed by atoms with Gasteiger partial charge in [0.1, 0.15) is 0 Å². The maximum absolute atomic E-state index is 13.2. The highest BCUT2D eigenvalue weighted by molar-refractivity contribution is 6.30. The molecule has 7 nitrogen and oxygen atoms in total. The maximum Gasteiger partial charge on any atom is 0.231 e. The summed E-state index contributed by atoms with van der Waals surface area (Å²) >= 11 is 5.98. The first-order chi connectivity index (χ1) is 15.6. The summed E-state index contributed by atoms with van der Waals surface area (Å²) < 4.78 is 10.8. The minimum absolute atomic E-state index is 0.0265. The lowest BCUT2D eigenvalue weighted by Gasteiger charge is -2.24. The van der Waals surface area contributed by atoms with Crippen LogP contribution in [-0.4, -0.2) is 61.1 Å². The molecule has 0 N–H and O–H groups in total. The van der Waals surface area contributed by atoms with E-state index in [4.69, 9.17) is 21.1 Å². The molecule has 0 aliphatic carbocycles. The van der Waals surface area contributed by atoms with Crippen LogP contribution in [0.3, 0.4) is 0 Å². The third-order valence-electron chi connectivity index (χ3n) is 6.36. The predicted molar refractivity (Wildman–Crippen MR) is 121 cm³/mol. The lowest BCUT2D eigenvalue weighted by molar-refractivity contribution is -0.135. The van der Waals surface area contributed by atoms with Gasteiger partial charge in [-0.1, -0.05) is 23.7 Å². The van der Waals surface area contributed by atoms with E-state index in [0.717, 1.165) is 43.3 Å². The second-order valence-electron chi connectivity index (χ2n) is 8.52. The molecule has 1 atom stereocenters. The summed E-state index contributed by atoms with van der Waals surface area (Å²) in [6.07, 6.45) is 1.17. The first kappa shape index (κ1) is 21.1. The van der Waals surface area contributed by atoms with Crippen molar-refractivity contribution in [3.8, 4) is 11.5 Å². The van der Waals surface area contributed by atoms with E-state index in [-0.39, 0.29) is 30.9 Å². The number of nitrogens with zero attached hydrogens (tertiary/aromatic N) is 3. The van der Waals surface area contributed by atoms with Crippen molar-refractivity contribution in [2.75, 3.05) is 44.4 Å². The van der Waals surface area contributed by atoms with Crippen LogP contribution in [0.1, 0.15) is 18.4 Å². The van der Waals surface area contributed by atoms with Crippen LogP contribution in [-0.2, 0) is 16.1 Å². The van der Waals surface area contributed by atoms with E-state index in [1.165, 1.54) is 5.56 Å². The summed E-state index contributed by atoms with van der Waals surface area (Å²) in [5, 5.41) is 0.738. The van der Waals surface area contributed by atoms with Gasteiger partial charge in [-0.25, -0.2) is 0 Å². The zero-order valence-corrected chi connectivity index (χ0v) is 18.6. The molecule has 0 saturated carbocycles. The zero-order valence-electron chi connectivity index (χ0n) is 17.8. The summed E-state index contributed by atoms with van der Waals surface area (Å²) in [6.45, 7) is 4.62. The van der Waals surface area contributed by atoms with E-state index in [0.29, 0.717) is 24.6 Å². The fourth-order valence-electron chi connectivity index (χ4n) is 4.63. The number of hydrogen-bond donors (Lipinski definition) is 0. The monoisotopic (exact) mass is 455 g/mol. The van der Waals surface area contributed by atoms with Gasteiger partial charge < -0.3 is 19.3 Å². The number of rotatable bonds is 4. The number of hydrogen-bond acceptors (Lipinski definition) is 5. The Labute approximate surface area is 192 Å². The van der Waals surface area contributed by atoms with Gasteiger partial charge in [0.25, 0.3) is 0 Å². The van der Waals surface area contributed by atoms with E-state index in [1.807, 2.05) is 47.4 Å². The fraction of sp³-hybridized carbons (Fsp3) is 0.417. The number of amides is 2. The molecule has 0 aromatic heterocycles. The van der Waals surface area contributed by atoms with Gasteiger partial charge in [-0.15, -0.1) is 0 Å². The number of carbonyl (C=O) groups is 2. The third-order valence-corrected chi connectivity index (χ3v) is 6.61. The van der Waals surface area contributed by atoms with Crippen molar-refractivity contribution in [3.63, 3.8) is 0 Å². The summed E-state index contributed by atoms with van der Waals surface area (Å²) in [5.41, 5.74) is 1.97. The molecule has 2 saturated heterocycles. The average Bonchev–Trinajstić information content (AvgIpc) is 3.35. The van der Waals surface area contributed by atoms with Crippen molar-refractivity contribution in [2.45, 2.75) is 19.4 Å². The summed E-state index contributed by atoms with van der Waals surface area (Å²) in [4.78, 5) is 31.9. The zero-order chi connectivity index (χ0) is 22.1. The van der Waals surface area contributed by atoms with Gasteiger partial charge in [0, 0.05) is 62.5 Å². The number of carbonyl (C=O) groups excluding carboxylic acids is 2. The summed E-state index contributed by atoms with van der Waals surface area (Å²) in [5.74, 6) is 1.06. The first-order valence-electron chi connectivity index (χ1n) is 11.0. The number of halogens is 1. The molecule has 5 rings (SSSR count). The fourth-order valence-corrected chi connectivity index (χ4v) is 4.76. The quantitative estimate of drug-likeness (QED) is 0.708. The van der Waals surface area contributed by atoms with Gasteiger partial charge in [0.05, 0.1) is 5.92 Å². The topological polar surface area (TPSA) is 62.3 Å². The minimum atomic E-state index is -0.310. The molecule has 2 aromatic rings. The Kier molecular flexibility index (Phi) is 5.93. The Balaban J connectivity index is 1.19. The van der Waals surface area contributed by atoms with Crippen molar-refractivity contribution >= 4 is 29.1 Å². The summed E-state index contributed by atoms with van der Waals surface area (Å²) in [7, 11) is 0. The normalized spacial score (nSPS) is 21.2. The van der Waals surface area contributed by atoms with Crippen molar-refractivity contribution < 1.29 is 19.1 Å². The molecule has 0 radical (unpaired) electrons. The van der Waals surface area contributed by atoms with E-state index >= 15 is 0 Å². The van der Waals surface area contributed by atoms with Crippen LogP contribution >= 0.6 is 11.6 Å². The van der Waals surface area contributed by atoms with Crippen LogP contribution in [0.15, 0.2) is 42.5 Å². The molecule has 3 aliphatic heterocycles. The molecule has 168 valence electrons. The Morgan fingerprint density at radius 3 is 2.66 bits per heavy atom. The molecule has 3 aliphatic rings. The highest BCUT2D eigenvalue weighted by Gasteiger charge is 2.38. The van der Waals surface area contributed by atoms with E-state index in [1.54, 1.807) is 4.90 Å². The predicted octanol–water partition coefficient (Wildman–Crippen LogP) is 3.16. The molecular formula is C24H26ClN3O4. The Morgan fingerprint density at radius 1 is 1.00 bits per heavy atom. The molecule has 0 bridgehead atoms. The number of fused-ring (bicyclic) bond motifs is 1. The van der Waals surface area contributed by atoms with Gasteiger partial charge in [-0.2, -0.15) is 0 Å².